The molecule has 2 aromatic carbocycles. The Bertz CT molecular complexity index is 1050. The first-order valence-corrected chi connectivity index (χ1v) is 9.36. The monoisotopic (exact) mass is 343 g/mol. The number of hydrogen-bond donors (Lipinski definition) is 1. The lowest BCUT2D eigenvalue weighted by Crippen LogP contribution is -2.24. The molecule has 1 aliphatic carbocycles. The molecule has 0 atom stereocenters. The molecule has 0 saturated heterocycles. The third-order valence-electron chi connectivity index (χ3n) is 5.15. The minimum atomic E-state index is 0.463. The summed E-state index contributed by atoms with van der Waals surface area (Å²) < 4.78 is 1.87. The van der Waals surface area contributed by atoms with Crippen LogP contribution in [0.1, 0.15) is 32.1 Å². The van der Waals surface area contributed by atoms with E-state index in [1.807, 2.05) is 53.0 Å². The van der Waals surface area contributed by atoms with Gasteiger partial charge in [0.15, 0.2) is 11.5 Å². The first kappa shape index (κ1) is 15.3. The molecule has 0 amide bonds. The van der Waals surface area contributed by atoms with Crippen LogP contribution in [0.4, 0.5) is 5.95 Å². The molecule has 0 radical (unpaired) electrons. The van der Waals surface area contributed by atoms with Gasteiger partial charge in [-0.2, -0.15) is 4.52 Å². The Morgan fingerprint density at radius 1 is 0.846 bits per heavy atom. The van der Waals surface area contributed by atoms with E-state index in [2.05, 4.69) is 11.4 Å². The van der Waals surface area contributed by atoms with Crippen LogP contribution in [0.2, 0.25) is 0 Å². The fourth-order valence-electron chi connectivity index (χ4n) is 3.79. The number of nitrogens with one attached hydrogen (secondary N) is 1. The number of benzene rings is 2. The van der Waals surface area contributed by atoms with Crippen molar-refractivity contribution in [2.24, 2.45) is 0 Å². The minimum absolute atomic E-state index is 0.463. The number of anilines is 1. The standard InChI is InChI=1S/C21H21N5/c1-3-9-15(10-4-1)19-24-20-17-13-7-8-14-18(17)23-21(26(20)25-19)22-16-11-5-2-6-12-16/h1,3-4,7-10,13-14,16H,2,5-6,11-12H2,(H,22,23). The van der Waals surface area contributed by atoms with Crippen molar-refractivity contribution in [3.63, 3.8) is 0 Å². The van der Waals surface area contributed by atoms with Crippen LogP contribution in [0.15, 0.2) is 54.6 Å². The Morgan fingerprint density at radius 2 is 1.62 bits per heavy atom. The van der Waals surface area contributed by atoms with Crippen LogP contribution in [-0.2, 0) is 0 Å². The van der Waals surface area contributed by atoms with E-state index in [0.29, 0.717) is 6.04 Å². The third kappa shape index (κ3) is 2.69. The third-order valence-corrected chi connectivity index (χ3v) is 5.15. The number of para-hydroxylation sites is 1. The zero-order chi connectivity index (χ0) is 17.3. The average Bonchev–Trinajstić information content (AvgIpc) is 3.16. The van der Waals surface area contributed by atoms with Gasteiger partial charge in [-0.25, -0.2) is 9.97 Å². The van der Waals surface area contributed by atoms with Crippen LogP contribution in [0, 0.1) is 0 Å². The summed E-state index contributed by atoms with van der Waals surface area (Å²) in [5.41, 5.74) is 2.82. The number of fused-ring (bicyclic) bond motifs is 3. The number of nitrogens with zero attached hydrogens (tertiary/aromatic N) is 4. The quantitative estimate of drug-likeness (QED) is 0.586. The second-order valence-corrected chi connectivity index (χ2v) is 6.97. The SMILES string of the molecule is c1ccc(-c2nc3c4ccccc4nc(NC4CCCCC4)n3n2)cc1. The molecule has 26 heavy (non-hydrogen) atoms. The summed E-state index contributed by atoms with van der Waals surface area (Å²) in [6.07, 6.45) is 6.27. The Kier molecular flexibility index (Phi) is 3.77. The van der Waals surface area contributed by atoms with Crippen molar-refractivity contribution in [3.05, 3.63) is 54.6 Å². The second kappa shape index (κ2) is 6.41. The van der Waals surface area contributed by atoms with Gasteiger partial charge in [-0.05, 0) is 25.0 Å². The lowest BCUT2D eigenvalue weighted by Gasteiger charge is -2.23. The summed E-state index contributed by atoms with van der Waals surface area (Å²) in [7, 11) is 0. The number of hydrogen-bond acceptors (Lipinski definition) is 4. The van der Waals surface area contributed by atoms with Crippen molar-refractivity contribution >= 4 is 22.5 Å². The van der Waals surface area contributed by atoms with E-state index in [-0.39, 0.29) is 0 Å². The van der Waals surface area contributed by atoms with Gasteiger partial charge in [0, 0.05) is 17.0 Å². The highest BCUT2D eigenvalue weighted by molar-refractivity contribution is 5.92. The van der Waals surface area contributed by atoms with E-state index >= 15 is 0 Å². The van der Waals surface area contributed by atoms with Crippen molar-refractivity contribution < 1.29 is 0 Å². The van der Waals surface area contributed by atoms with Crippen LogP contribution in [0.25, 0.3) is 27.9 Å². The molecular weight excluding hydrogens is 322 g/mol. The normalized spacial score (nSPS) is 15.5. The molecule has 130 valence electrons. The van der Waals surface area contributed by atoms with Gasteiger partial charge in [0.25, 0.3) is 0 Å². The Hall–Kier alpha value is -2.95. The van der Waals surface area contributed by atoms with Gasteiger partial charge in [-0.1, -0.05) is 61.7 Å². The van der Waals surface area contributed by atoms with Gasteiger partial charge >= 0.3 is 0 Å². The molecule has 2 aromatic heterocycles. The van der Waals surface area contributed by atoms with Crippen LogP contribution in [-0.4, -0.2) is 25.6 Å². The molecule has 0 unspecified atom stereocenters. The molecule has 1 aliphatic rings. The molecule has 4 aromatic rings. The fraction of sp³-hybridized carbons (Fsp3) is 0.286. The maximum atomic E-state index is 4.85. The van der Waals surface area contributed by atoms with Crippen LogP contribution < -0.4 is 5.32 Å². The second-order valence-electron chi connectivity index (χ2n) is 6.97. The maximum Gasteiger partial charge on any atom is 0.226 e. The zero-order valence-corrected chi connectivity index (χ0v) is 14.6. The average molecular weight is 343 g/mol. The van der Waals surface area contributed by atoms with Crippen molar-refractivity contribution in [2.75, 3.05) is 5.32 Å². The first-order valence-electron chi connectivity index (χ1n) is 9.36. The van der Waals surface area contributed by atoms with Crippen LogP contribution in [0.5, 0.6) is 0 Å². The van der Waals surface area contributed by atoms with Gasteiger partial charge in [-0.3, -0.25) is 0 Å². The first-order chi connectivity index (χ1) is 12.9. The van der Waals surface area contributed by atoms with E-state index in [9.17, 15) is 0 Å². The van der Waals surface area contributed by atoms with Gasteiger partial charge in [0.05, 0.1) is 5.52 Å². The van der Waals surface area contributed by atoms with Gasteiger partial charge < -0.3 is 5.32 Å². The lowest BCUT2D eigenvalue weighted by atomic mass is 9.96. The largest absolute Gasteiger partial charge is 0.351 e. The molecule has 5 rings (SSSR count). The molecule has 5 nitrogen and oxygen atoms in total. The molecule has 2 heterocycles. The summed E-state index contributed by atoms with van der Waals surface area (Å²) >= 11 is 0. The molecule has 0 aliphatic heterocycles. The van der Waals surface area contributed by atoms with Gasteiger partial charge in [0.2, 0.25) is 5.95 Å². The number of aromatic nitrogens is 4. The Morgan fingerprint density at radius 3 is 2.46 bits per heavy atom. The summed E-state index contributed by atoms with van der Waals surface area (Å²) in [5, 5.41) is 9.43. The van der Waals surface area contributed by atoms with E-state index < -0.39 is 0 Å². The zero-order valence-electron chi connectivity index (χ0n) is 14.6. The van der Waals surface area contributed by atoms with Gasteiger partial charge in [0.1, 0.15) is 0 Å². The highest BCUT2D eigenvalue weighted by Gasteiger charge is 2.18. The fourth-order valence-corrected chi connectivity index (χ4v) is 3.79. The Balaban J connectivity index is 1.68. The van der Waals surface area contributed by atoms with Crippen LogP contribution in [0.3, 0.4) is 0 Å². The molecular formula is C21H21N5. The van der Waals surface area contributed by atoms with Crippen molar-refractivity contribution in [2.45, 2.75) is 38.1 Å². The van der Waals surface area contributed by atoms with Crippen molar-refractivity contribution in [1.82, 2.24) is 19.6 Å². The molecule has 5 heteroatoms. The predicted molar refractivity (Wildman–Crippen MR) is 104 cm³/mol. The molecule has 1 saturated carbocycles. The van der Waals surface area contributed by atoms with E-state index in [1.165, 1.54) is 32.1 Å². The van der Waals surface area contributed by atoms with Crippen LogP contribution >= 0.6 is 0 Å². The predicted octanol–water partition coefficient (Wildman–Crippen LogP) is 4.69. The lowest BCUT2D eigenvalue weighted by molar-refractivity contribution is 0.460. The van der Waals surface area contributed by atoms with E-state index in [4.69, 9.17) is 15.1 Å². The molecule has 1 N–H and O–H groups in total. The molecule has 1 fully saturated rings. The highest BCUT2D eigenvalue weighted by atomic mass is 15.4. The summed E-state index contributed by atoms with van der Waals surface area (Å²) in [6.45, 7) is 0. The number of rotatable bonds is 3. The smallest absolute Gasteiger partial charge is 0.226 e. The molecule has 0 spiro atoms. The Labute approximate surface area is 152 Å². The van der Waals surface area contributed by atoms with Crippen molar-refractivity contribution in [1.29, 1.82) is 0 Å². The summed E-state index contributed by atoms with van der Waals surface area (Å²) in [5.74, 6) is 1.52. The highest BCUT2D eigenvalue weighted by Crippen LogP contribution is 2.26. The molecule has 0 bridgehead atoms. The van der Waals surface area contributed by atoms with Gasteiger partial charge in [-0.15, -0.1) is 5.10 Å². The topological polar surface area (TPSA) is 55.1 Å². The summed E-state index contributed by atoms with van der Waals surface area (Å²) in [6, 6.07) is 18.7. The minimum Gasteiger partial charge on any atom is -0.351 e. The van der Waals surface area contributed by atoms with E-state index in [0.717, 1.165) is 33.9 Å². The van der Waals surface area contributed by atoms with Crippen molar-refractivity contribution in [3.8, 4) is 11.4 Å². The maximum absolute atomic E-state index is 4.85. The summed E-state index contributed by atoms with van der Waals surface area (Å²) in [4.78, 5) is 9.69. The van der Waals surface area contributed by atoms with E-state index in [1.54, 1.807) is 0 Å².